The lowest BCUT2D eigenvalue weighted by Gasteiger charge is -2.22. The first kappa shape index (κ1) is 19.7. The van der Waals surface area contributed by atoms with Gasteiger partial charge in [0.15, 0.2) is 0 Å². The number of amides is 1. The molecule has 0 saturated carbocycles. The molecule has 0 atom stereocenters. The molecule has 6 nitrogen and oxygen atoms in total. The van der Waals surface area contributed by atoms with Crippen molar-refractivity contribution in [1.82, 2.24) is 9.88 Å². The number of pyridine rings is 1. The first-order valence-electron chi connectivity index (χ1n) is 8.98. The average Bonchev–Trinajstić information content (AvgIpc) is 3.10. The van der Waals surface area contributed by atoms with E-state index in [1.807, 2.05) is 24.3 Å². The minimum absolute atomic E-state index is 0.0121. The molecule has 0 bridgehead atoms. The Bertz CT molecular complexity index is 968. The number of thiophene rings is 1. The molecule has 144 valence electrons. The predicted octanol–water partition coefficient (Wildman–Crippen LogP) is 4.76. The van der Waals surface area contributed by atoms with Crippen molar-refractivity contribution in [3.63, 3.8) is 0 Å². The molecule has 0 saturated heterocycles. The highest BCUT2D eigenvalue weighted by atomic mass is 32.1. The van der Waals surface area contributed by atoms with Crippen LogP contribution in [0, 0.1) is 17.0 Å². The molecule has 1 amide bonds. The van der Waals surface area contributed by atoms with E-state index in [0.29, 0.717) is 22.8 Å². The van der Waals surface area contributed by atoms with Crippen LogP contribution in [-0.4, -0.2) is 20.7 Å². The molecule has 0 spiro atoms. The van der Waals surface area contributed by atoms with Crippen molar-refractivity contribution in [2.45, 2.75) is 33.4 Å². The topological polar surface area (TPSA) is 76.3 Å². The van der Waals surface area contributed by atoms with Gasteiger partial charge in [-0.25, -0.2) is 0 Å². The van der Waals surface area contributed by atoms with Crippen LogP contribution in [0.1, 0.15) is 38.2 Å². The summed E-state index contributed by atoms with van der Waals surface area (Å²) in [7, 11) is 0. The number of benzene rings is 1. The Morgan fingerprint density at radius 1 is 1.14 bits per heavy atom. The highest BCUT2D eigenvalue weighted by Crippen LogP contribution is 2.29. The molecule has 3 rings (SSSR count). The molecule has 0 radical (unpaired) electrons. The summed E-state index contributed by atoms with van der Waals surface area (Å²) >= 11 is 1.16. The summed E-state index contributed by atoms with van der Waals surface area (Å²) in [6.07, 6.45) is 4.37. The van der Waals surface area contributed by atoms with Gasteiger partial charge >= 0.3 is 0 Å². The van der Waals surface area contributed by atoms with Crippen LogP contribution >= 0.6 is 11.3 Å². The number of aryl methyl sites for hydroxylation is 2. The third-order valence-corrected chi connectivity index (χ3v) is 5.51. The smallest absolute Gasteiger partial charge is 0.283 e. The monoisotopic (exact) mass is 395 g/mol. The molecule has 0 aliphatic carbocycles. The second-order valence-electron chi connectivity index (χ2n) is 6.50. The van der Waals surface area contributed by atoms with E-state index in [0.717, 1.165) is 28.9 Å². The van der Waals surface area contributed by atoms with Crippen LogP contribution in [0.3, 0.4) is 0 Å². The second-order valence-corrected chi connectivity index (χ2v) is 7.76. The highest BCUT2D eigenvalue weighted by Gasteiger charge is 2.24. The maximum absolute atomic E-state index is 13.2. The third-order valence-electron chi connectivity index (χ3n) is 4.49. The third kappa shape index (κ3) is 4.61. The molecule has 0 fully saturated rings. The molecule has 2 aromatic heterocycles. The lowest BCUT2D eigenvalue weighted by molar-refractivity contribution is -0.385. The van der Waals surface area contributed by atoms with Gasteiger partial charge in [0.1, 0.15) is 0 Å². The number of nitro groups is 1. The zero-order valence-electron chi connectivity index (χ0n) is 15.8. The first-order valence-corrected chi connectivity index (χ1v) is 9.80. The number of carbonyl (C=O) groups is 1. The van der Waals surface area contributed by atoms with Gasteiger partial charge in [-0.15, -0.1) is 11.3 Å². The van der Waals surface area contributed by atoms with Crippen molar-refractivity contribution in [1.29, 1.82) is 0 Å². The summed E-state index contributed by atoms with van der Waals surface area (Å²) in [5.41, 5.74) is 3.14. The fraction of sp³-hybridized carbons (Fsp3) is 0.238. The molecule has 2 heterocycles. The van der Waals surface area contributed by atoms with Gasteiger partial charge in [-0.1, -0.05) is 37.3 Å². The van der Waals surface area contributed by atoms with E-state index in [4.69, 9.17) is 0 Å². The standard InChI is InChI=1S/C21H21N3O3S/c1-3-16-6-8-17(9-7-16)13-23(14-18-5-4-10-22-12-18)21(25)20-11-19(24(26)27)15(2)28-20/h4-12H,3,13-14H2,1-2H3. The molecule has 7 heteroatoms. The summed E-state index contributed by atoms with van der Waals surface area (Å²) in [5, 5.41) is 11.1. The van der Waals surface area contributed by atoms with E-state index in [2.05, 4.69) is 24.0 Å². The van der Waals surface area contributed by atoms with E-state index in [-0.39, 0.29) is 11.6 Å². The molecule has 3 aromatic rings. The second kappa shape index (κ2) is 8.75. The molecular formula is C21H21N3O3S. The summed E-state index contributed by atoms with van der Waals surface area (Å²) in [5.74, 6) is -0.218. The maximum atomic E-state index is 13.2. The lowest BCUT2D eigenvalue weighted by Crippen LogP contribution is -2.29. The Kier molecular flexibility index (Phi) is 6.16. The van der Waals surface area contributed by atoms with Crippen molar-refractivity contribution < 1.29 is 9.72 Å². The van der Waals surface area contributed by atoms with E-state index < -0.39 is 4.92 Å². The van der Waals surface area contributed by atoms with Gasteiger partial charge in [0.05, 0.1) is 14.7 Å². The fourth-order valence-electron chi connectivity index (χ4n) is 2.93. The zero-order valence-corrected chi connectivity index (χ0v) is 16.6. The van der Waals surface area contributed by atoms with Gasteiger partial charge in [-0.2, -0.15) is 0 Å². The highest BCUT2D eigenvalue weighted by molar-refractivity contribution is 7.14. The largest absolute Gasteiger partial charge is 0.329 e. The van der Waals surface area contributed by atoms with Gasteiger partial charge in [-0.3, -0.25) is 19.9 Å². The molecule has 0 N–H and O–H groups in total. The van der Waals surface area contributed by atoms with E-state index in [1.165, 1.54) is 11.6 Å². The van der Waals surface area contributed by atoms with Crippen molar-refractivity contribution in [3.05, 3.63) is 91.4 Å². The fourth-order valence-corrected chi connectivity index (χ4v) is 3.88. The Hall–Kier alpha value is -3.06. The number of hydrogen-bond acceptors (Lipinski definition) is 5. The maximum Gasteiger partial charge on any atom is 0.283 e. The molecule has 0 aliphatic heterocycles. The van der Waals surface area contributed by atoms with E-state index in [1.54, 1.807) is 24.2 Å². The Labute approximate surface area is 167 Å². The van der Waals surface area contributed by atoms with Crippen LogP contribution < -0.4 is 0 Å². The summed E-state index contributed by atoms with van der Waals surface area (Å²) in [6.45, 7) is 4.56. The summed E-state index contributed by atoms with van der Waals surface area (Å²) in [4.78, 5) is 30.6. The lowest BCUT2D eigenvalue weighted by atomic mass is 10.1. The average molecular weight is 395 g/mol. The number of nitrogens with zero attached hydrogens (tertiary/aromatic N) is 3. The van der Waals surface area contributed by atoms with Crippen molar-refractivity contribution in [2.75, 3.05) is 0 Å². The SMILES string of the molecule is CCc1ccc(CN(Cc2cccnc2)C(=O)c2cc([N+](=O)[O-])c(C)s2)cc1. The minimum atomic E-state index is -0.447. The Balaban J connectivity index is 1.89. The van der Waals surface area contributed by atoms with E-state index in [9.17, 15) is 14.9 Å². The van der Waals surface area contributed by atoms with Gasteiger partial charge in [0, 0.05) is 31.5 Å². The predicted molar refractivity (Wildman–Crippen MR) is 109 cm³/mol. The number of carbonyl (C=O) groups excluding carboxylic acids is 1. The van der Waals surface area contributed by atoms with Gasteiger partial charge in [-0.05, 0) is 36.1 Å². The normalized spacial score (nSPS) is 10.6. The van der Waals surface area contributed by atoms with Crippen LogP contribution in [0.4, 0.5) is 5.69 Å². The van der Waals surface area contributed by atoms with Crippen LogP contribution in [0.5, 0.6) is 0 Å². The van der Waals surface area contributed by atoms with Gasteiger partial charge in [0.2, 0.25) is 0 Å². The summed E-state index contributed by atoms with van der Waals surface area (Å²) < 4.78 is 0. The van der Waals surface area contributed by atoms with Crippen molar-refractivity contribution >= 4 is 22.9 Å². The van der Waals surface area contributed by atoms with Crippen molar-refractivity contribution in [2.24, 2.45) is 0 Å². The Morgan fingerprint density at radius 2 is 1.82 bits per heavy atom. The molecular weight excluding hydrogens is 374 g/mol. The van der Waals surface area contributed by atoms with Gasteiger partial charge < -0.3 is 4.90 Å². The van der Waals surface area contributed by atoms with Crippen molar-refractivity contribution in [3.8, 4) is 0 Å². The molecule has 0 unspecified atom stereocenters. The summed E-state index contributed by atoms with van der Waals surface area (Å²) in [6, 6.07) is 13.3. The number of aromatic nitrogens is 1. The first-order chi connectivity index (χ1) is 13.5. The number of rotatable bonds is 7. The zero-order chi connectivity index (χ0) is 20.1. The molecule has 28 heavy (non-hydrogen) atoms. The van der Waals surface area contributed by atoms with Crippen LogP contribution in [0.2, 0.25) is 0 Å². The van der Waals surface area contributed by atoms with Crippen LogP contribution in [0.25, 0.3) is 0 Å². The van der Waals surface area contributed by atoms with Crippen LogP contribution in [-0.2, 0) is 19.5 Å². The minimum Gasteiger partial charge on any atom is -0.329 e. The number of hydrogen-bond donors (Lipinski definition) is 0. The quantitative estimate of drug-likeness (QED) is 0.427. The Morgan fingerprint density at radius 3 is 2.39 bits per heavy atom. The molecule has 0 aliphatic rings. The van der Waals surface area contributed by atoms with Crippen LogP contribution in [0.15, 0.2) is 54.9 Å². The molecule has 1 aromatic carbocycles. The van der Waals surface area contributed by atoms with E-state index >= 15 is 0 Å². The van der Waals surface area contributed by atoms with Gasteiger partial charge in [0.25, 0.3) is 11.6 Å².